The number of esters is 1. The Morgan fingerprint density at radius 1 is 1.08 bits per heavy atom. The van der Waals surface area contributed by atoms with Crippen molar-refractivity contribution in [1.82, 2.24) is 0 Å². The van der Waals surface area contributed by atoms with Gasteiger partial charge < -0.3 is 24.8 Å². The maximum absolute atomic E-state index is 12.1. The second-order valence-corrected chi connectivity index (χ2v) is 15.5. The van der Waals surface area contributed by atoms with Crippen LogP contribution in [0.4, 0.5) is 0 Å². The van der Waals surface area contributed by atoms with E-state index in [0.29, 0.717) is 24.7 Å². The summed E-state index contributed by atoms with van der Waals surface area (Å²) in [6.07, 6.45) is 7.83. The van der Waals surface area contributed by atoms with Crippen LogP contribution in [0.3, 0.4) is 0 Å². The van der Waals surface area contributed by atoms with Crippen LogP contribution in [0.2, 0.25) is 0 Å². The molecule has 0 amide bonds. The highest BCUT2D eigenvalue weighted by Gasteiger charge is 2.69. The summed E-state index contributed by atoms with van der Waals surface area (Å²) in [7, 11) is 0. The lowest BCUT2D eigenvalue weighted by Crippen LogP contribution is -2.64. The summed E-state index contributed by atoms with van der Waals surface area (Å²) in [5.41, 5.74) is -0.0745. The third kappa shape index (κ3) is 4.06. The van der Waals surface area contributed by atoms with Gasteiger partial charge in [0.25, 0.3) is 0 Å². The molecular weight excluding hydrogens is 480 g/mol. The molecule has 6 nitrogen and oxygen atoms in total. The minimum Gasteiger partial charge on any atom is -0.462 e. The second-order valence-electron chi connectivity index (χ2n) is 15.5. The maximum atomic E-state index is 12.1. The zero-order chi connectivity index (χ0) is 28.1. The molecular formula is C32H52O6. The van der Waals surface area contributed by atoms with Crippen LogP contribution in [-0.2, 0) is 14.3 Å². The largest absolute Gasteiger partial charge is 0.462 e. The summed E-state index contributed by atoms with van der Waals surface area (Å²) in [5, 5.41) is 33.4. The SMILES string of the molecule is CC(=O)O[C@H]1CC[C@]2(C)C3=CC[C@@H]4[C@@H]([C@H]5C[C@H](CC(C)(C)O)O[C@@H]5O)CC[C@@]4(C)[C@]3(C)[C@H](O)C[C@@H]2C1(C)C. The quantitative estimate of drug-likeness (QED) is 0.332. The van der Waals surface area contributed by atoms with Gasteiger partial charge in [0.15, 0.2) is 6.29 Å². The van der Waals surface area contributed by atoms with Crippen molar-refractivity contribution in [2.75, 3.05) is 0 Å². The average molecular weight is 533 g/mol. The van der Waals surface area contributed by atoms with Crippen LogP contribution < -0.4 is 0 Å². The van der Waals surface area contributed by atoms with Crippen molar-refractivity contribution >= 4 is 5.97 Å². The fraction of sp³-hybridized carbons (Fsp3) is 0.906. The molecule has 1 saturated heterocycles. The van der Waals surface area contributed by atoms with Gasteiger partial charge in [-0.15, -0.1) is 0 Å². The standard InChI is InChI=1S/C32H52O6/c1-18(33)37-26-12-13-30(6)23-10-9-22-20(21-15-19(38-27(21)35)17-28(2,3)36)11-14-31(22,7)32(23,8)25(34)16-24(30)29(26,4)5/h10,19-22,24-27,34-36H,9,11-17H2,1-8H3/t19-,20-,21-,22-,24-,25-,26+,27+,30-,31-,32+/m1/s1. The summed E-state index contributed by atoms with van der Waals surface area (Å²) in [6.45, 7) is 16.7. The molecule has 0 aromatic heterocycles. The molecule has 6 heteroatoms. The molecule has 5 rings (SSSR count). The number of aliphatic hydroxyl groups excluding tert-OH is 2. The zero-order valence-corrected chi connectivity index (χ0v) is 24.9. The summed E-state index contributed by atoms with van der Waals surface area (Å²) in [5.74, 6) is 0.785. The molecule has 0 spiro atoms. The first kappa shape index (κ1) is 28.6. The number of carbonyl (C=O) groups excluding carboxylic acids is 1. The number of rotatable bonds is 4. The molecule has 38 heavy (non-hydrogen) atoms. The Hall–Kier alpha value is -0.950. The van der Waals surface area contributed by atoms with Crippen LogP contribution in [0.15, 0.2) is 11.6 Å². The fourth-order valence-corrected chi connectivity index (χ4v) is 10.7. The number of hydrogen-bond acceptors (Lipinski definition) is 6. The Labute approximate surface area is 229 Å². The van der Waals surface area contributed by atoms with Gasteiger partial charge in [0, 0.05) is 30.1 Å². The van der Waals surface area contributed by atoms with Crippen molar-refractivity contribution in [3.05, 3.63) is 11.6 Å². The first-order valence-corrected chi connectivity index (χ1v) is 15.1. The highest BCUT2D eigenvalue weighted by molar-refractivity contribution is 5.66. The molecule has 3 N–H and O–H groups in total. The normalized spacial score (nSPS) is 50.0. The molecule has 1 heterocycles. The molecule has 216 valence electrons. The Morgan fingerprint density at radius 3 is 2.39 bits per heavy atom. The van der Waals surface area contributed by atoms with E-state index in [1.807, 2.05) is 0 Å². The molecule has 0 aromatic carbocycles. The summed E-state index contributed by atoms with van der Waals surface area (Å²) >= 11 is 0. The molecule has 4 aliphatic carbocycles. The third-order valence-electron chi connectivity index (χ3n) is 12.6. The predicted molar refractivity (Wildman–Crippen MR) is 146 cm³/mol. The van der Waals surface area contributed by atoms with Gasteiger partial charge >= 0.3 is 5.97 Å². The van der Waals surface area contributed by atoms with Crippen LogP contribution >= 0.6 is 0 Å². The first-order valence-electron chi connectivity index (χ1n) is 15.1. The summed E-state index contributed by atoms with van der Waals surface area (Å²) < 4.78 is 11.8. The van der Waals surface area contributed by atoms with E-state index in [9.17, 15) is 20.1 Å². The average Bonchev–Trinajstić information content (AvgIpc) is 3.31. The minimum atomic E-state index is -0.820. The zero-order valence-electron chi connectivity index (χ0n) is 24.9. The third-order valence-corrected chi connectivity index (χ3v) is 12.6. The monoisotopic (exact) mass is 532 g/mol. The molecule has 3 saturated carbocycles. The van der Waals surface area contributed by atoms with Gasteiger partial charge in [-0.1, -0.05) is 46.3 Å². The van der Waals surface area contributed by atoms with Crippen LogP contribution in [0, 0.1) is 45.3 Å². The van der Waals surface area contributed by atoms with Gasteiger partial charge in [0.2, 0.25) is 0 Å². The molecule has 0 radical (unpaired) electrons. The van der Waals surface area contributed by atoms with E-state index in [2.05, 4.69) is 40.7 Å². The van der Waals surface area contributed by atoms with E-state index < -0.39 is 18.0 Å². The number of aliphatic hydroxyl groups is 3. The van der Waals surface area contributed by atoms with Crippen LogP contribution in [-0.4, -0.2) is 51.5 Å². The van der Waals surface area contributed by atoms with Gasteiger partial charge in [-0.25, -0.2) is 0 Å². The number of fused-ring (bicyclic) bond motifs is 5. The topological polar surface area (TPSA) is 96.2 Å². The van der Waals surface area contributed by atoms with E-state index in [1.54, 1.807) is 13.8 Å². The molecule has 0 aromatic rings. The van der Waals surface area contributed by atoms with E-state index in [4.69, 9.17) is 9.47 Å². The minimum absolute atomic E-state index is 0.0476. The van der Waals surface area contributed by atoms with Gasteiger partial charge in [-0.05, 0) is 87.4 Å². The molecule has 0 bridgehead atoms. The van der Waals surface area contributed by atoms with Gasteiger partial charge in [0.1, 0.15) is 6.10 Å². The molecule has 5 aliphatic rings. The Balaban J connectivity index is 1.45. The lowest BCUT2D eigenvalue weighted by Gasteiger charge is -2.68. The van der Waals surface area contributed by atoms with Crippen LogP contribution in [0.25, 0.3) is 0 Å². The second kappa shape index (κ2) is 9.03. The molecule has 11 atom stereocenters. The number of ether oxygens (including phenoxy) is 2. The van der Waals surface area contributed by atoms with Gasteiger partial charge in [0.05, 0.1) is 17.8 Å². The lowest BCUT2D eigenvalue weighted by atomic mass is 9.38. The van der Waals surface area contributed by atoms with Crippen molar-refractivity contribution in [2.24, 2.45) is 45.3 Å². The Kier molecular flexibility index (Phi) is 6.79. The number of carbonyl (C=O) groups is 1. The smallest absolute Gasteiger partial charge is 0.302 e. The van der Waals surface area contributed by atoms with E-state index in [0.717, 1.165) is 38.5 Å². The number of allylic oxidation sites excluding steroid dienone is 1. The van der Waals surface area contributed by atoms with E-state index >= 15 is 0 Å². The Bertz CT molecular complexity index is 981. The Morgan fingerprint density at radius 2 is 1.76 bits per heavy atom. The molecule has 4 fully saturated rings. The fourth-order valence-electron chi connectivity index (χ4n) is 10.7. The van der Waals surface area contributed by atoms with Crippen LogP contribution in [0.5, 0.6) is 0 Å². The molecule has 1 aliphatic heterocycles. The summed E-state index contributed by atoms with van der Waals surface area (Å²) in [4.78, 5) is 11.9. The lowest BCUT2D eigenvalue weighted by molar-refractivity contribution is -0.190. The first-order chi connectivity index (χ1) is 17.4. The van der Waals surface area contributed by atoms with Crippen molar-refractivity contribution in [3.63, 3.8) is 0 Å². The highest BCUT2D eigenvalue weighted by atomic mass is 16.6. The van der Waals surface area contributed by atoms with Gasteiger partial charge in [-0.3, -0.25) is 4.79 Å². The highest BCUT2D eigenvalue weighted by Crippen LogP contribution is 2.74. The maximum Gasteiger partial charge on any atom is 0.302 e. The van der Waals surface area contributed by atoms with Crippen LogP contribution in [0.1, 0.15) is 107 Å². The number of hydrogen-bond donors (Lipinski definition) is 3. The molecule has 0 unspecified atom stereocenters. The van der Waals surface area contributed by atoms with E-state index in [-0.39, 0.29) is 51.7 Å². The van der Waals surface area contributed by atoms with Crippen molar-refractivity contribution in [1.29, 1.82) is 0 Å². The summed E-state index contributed by atoms with van der Waals surface area (Å²) in [6, 6.07) is 0. The van der Waals surface area contributed by atoms with Crippen molar-refractivity contribution < 1.29 is 29.6 Å². The van der Waals surface area contributed by atoms with E-state index in [1.165, 1.54) is 12.5 Å². The predicted octanol–water partition coefficient (Wildman–Crippen LogP) is 5.38. The van der Waals surface area contributed by atoms with Crippen molar-refractivity contribution in [3.8, 4) is 0 Å². The van der Waals surface area contributed by atoms with Crippen molar-refractivity contribution in [2.45, 2.75) is 137 Å². The van der Waals surface area contributed by atoms with Gasteiger partial charge in [-0.2, -0.15) is 0 Å².